The van der Waals surface area contributed by atoms with Gasteiger partial charge in [0.05, 0.1) is 5.92 Å². The number of anilines is 1. The van der Waals surface area contributed by atoms with Crippen LogP contribution in [0.15, 0.2) is 72.8 Å². The first-order valence-corrected chi connectivity index (χ1v) is 9.35. The van der Waals surface area contributed by atoms with Crippen molar-refractivity contribution in [3.05, 3.63) is 78.4 Å². The summed E-state index contributed by atoms with van der Waals surface area (Å²) >= 11 is 0. The SMILES string of the molecule is O=C(Nc1ccccc1)C1CCCN(C(=O)c2cccc3ccccc23)C1. The van der Waals surface area contributed by atoms with Crippen LogP contribution in [0.25, 0.3) is 10.8 Å². The Bertz CT molecular complexity index is 963. The van der Waals surface area contributed by atoms with Crippen LogP contribution < -0.4 is 5.32 Å². The molecule has 0 spiro atoms. The van der Waals surface area contributed by atoms with Crippen molar-refractivity contribution in [2.24, 2.45) is 5.92 Å². The first-order chi connectivity index (χ1) is 13.2. The maximum absolute atomic E-state index is 13.1. The van der Waals surface area contributed by atoms with Crippen LogP contribution in [0.2, 0.25) is 0 Å². The van der Waals surface area contributed by atoms with Gasteiger partial charge in [-0.25, -0.2) is 0 Å². The molecular weight excluding hydrogens is 336 g/mol. The summed E-state index contributed by atoms with van der Waals surface area (Å²) in [6, 6.07) is 23.2. The molecule has 1 atom stereocenters. The van der Waals surface area contributed by atoms with Crippen LogP contribution in [-0.2, 0) is 4.79 Å². The molecule has 0 bridgehead atoms. The van der Waals surface area contributed by atoms with E-state index in [2.05, 4.69) is 5.32 Å². The fourth-order valence-electron chi connectivity index (χ4n) is 3.72. The molecule has 4 rings (SSSR count). The van der Waals surface area contributed by atoms with Crippen molar-refractivity contribution in [1.82, 2.24) is 4.90 Å². The lowest BCUT2D eigenvalue weighted by atomic mass is 9.95. The number of nitrogens with one attached hydrogen (secondary N) is 1. The molecule has 1 unspecified atom stereocenters. The molecule has 2 amide bonds. The lowest BCUT2D eigenvalue weighted by Crippen LogP contribution is -2.43. The van der Waals surface area contributed by atoms with Crippen LogP contribution in [-0.4, -0.2) is 29.8 Å². The van der Waals surface area contributed by atoms with E-state index in [-0.39, 0.29) is 17.7 Å². The Hall–Kier alpha value is -3.14. The number of carbonyl (C=O) groups excluding carboxylic acids is 2. The lowest BCUT2D eigenvalue weighted by Gasteiger charge is -2.32. The van der Waals surface area contributed by atoms with E-state index in [4.69, 9.17) is 0 Å². The minimum atomic E-state index is -0.183. The summed E-state index contributed by atoms with van der Waals surface area (Å²) in [7, 11) is 0. The number of para-hydroxylation sites is 1. The predicted octanol–water partition coefficient (Wildman–Crippen LogP) is 4.33. The van der Waals surface area contributed by atoms with Crippen molar-refractivity contribution in [1.29, 1.82) is 0 Å². The van der Waals surface area contributed by atoms with Gasteiger partial charge in [0, 0.05) is 24.3 Å². The van der Waals surface area contributed by atoms with Crippen molar-refractivity contribution < 1.29 is 9.59 Å². The van der Waals surface area contributed by atoms with Crippen molar-refractivity contribution >= 4 is 28.3 Å². The summed E-state index contributed by atoms with van der Waals surface area (Å²) in [6.07, 6.45) is 1.64. The summed E-state index contributed by atoms with van der Waals surface area (Å²) in [5.41, 5.74) is 1.50. The number of piperidine rings is 1. The topological polar surface area (TPSA) is 49.4 Å². The Morgan fingerprint density at radius 2 is 1.63 bits per heavy atom. The summed E-state index contributed by atoms with van der Waals surface area (Å²) in [4.78, 5) is 27.6. The summed E-state index contributed by atoms with van der Waals surface area (Å²) in [5.74, 6) is -0.196. The second-order valence-electron chi connectivity index (χ2n) is 6.97. The molecule has 1 aliphatic rings. The number of fused-ring (bicyclic) bond motifs is 1. The van der Waals surface area contributed by atoms with Gasteiger partial charge in [-0.05, 0) is 41.8 Å². The number of amides is 2. The van der Waals surface area contributed by atoms with Crippen LogP contribution in [0, 0.1) is 5.92 Å². The molecule has 0 radical (unpaired) electrons. The standard InChI is InChI=1S/C23H22N2O2/c26-22(24-19-11-2-1-3-12-19)18-10-7-15-25(16-18)23(27)21-14-6-9-17-8-4-5-13-20(17)21/h1-6,8-9,11-14,18H,7,10,15-16H2,(H,24,26). The van der Waals surface area contributed by atoms with E-state index in [9.17, 15) is 9.59 Å². The van der Waals surface area contributed by atoms with Crippen molar-refractivity contribution in [3.63, 3.8) is 0 Å². The minimum Gasteiger partial charge on any atom is -0.338 e. The van der Waals surface area contributed by atoms with E-state index in [0.717, 1.165) is 29.3 Å². The number of nitrogens with zero attached hydrogens (tertiary/aromatic N) is 1. The third-order valence-corrected chi connectivity index (χ3v) is 5.14. The Labute approximate surface area is 158 Å². The Morgan fingerprint density at radius 3 is 2.48 bits per heavy atom. The monoisotopic (exact) mass is 358 g/mol. The smallest absolute Gasteiger partial charge is 0.254 e. The van der Waals surface area contributed by atoms with Gasteiger partial charge in [0.1, 0.15) is 0 Å². The zero-order chi connectivity index (χ0) is 18.6. The summed E-state index contributed by atoms with van der Waals surface area (Å²) in [6.45, 7) is 1.15. The van der Waals surface area contributed by atoms with Crippen LogP contribution in [0.5, 0.6) is 0 Å². The molecule has 4 nitrogen and oxygen atoms in total. The van der Waals surface area contributed by atoms with E-state index in [0.29, 0.717) is 18.7 Å². The zero-order valence-electron chi connectivity index (χ0n) is 15.1. The molecule has 1 N–H and O–H groups in total. The van der Waals surface area contributed by atoms with E-state index < -0.39 is 0 Å². The minimum absolute atomic E-state index is 0.00371. The molecule has 0 aliphatic carbocycles. The zero-order valence-corrected chi connectivity index (χ0v) is 15.1. The lowest BCUT2D eigenvalue weighted by molar-refractivity contribution is -0.121. The fourth-order valence-corrected chi connectivity index (χ4v) is 3.72. The van der Waals surface area contributed by atoms with Gasteiger partial charge in [-0.1, -0.05) is 54.6 Å². The second kappa shape index (κ2) is 7.62. The maximum atomic E-state index is 13.1. The van der Waals surface area contributed by atoms with Gasteiger partial charge in [0.25, 0.3) is 5.91 Å². The molecule has 3 aromatic rings. The second-order valence-corrected chi connectivity index (χ2v) is 6.97. The van der Waals surface area contributed by atoms with Crippen LogP contribution in [0.3, 0.4) is 0 Å². The molecule has 0 saturated carbocycles. The first kappa shape index (κ1) is 17.3. The molecule has 1 fully saturated rings. The summed E-state index contributed by atoms with van der Waals surface area (Å²) < 4.78 is 0. The largest absolute Gasteiger partial charge is 0.338 e. The van der Waals surface area contributed by atoms with Crippen molar-refractivity contribution in [2.75, 3.05) is 18.4 Å². The van der Waals surface area contributed by atoms with Crippen LogP contribution >= 0.6 is 0 Å². The van der Waals surface area contributed by atoms with E-state index in [1.807, 2.05) is 77.7 Å². The number of rotatable bonds is 3. The molecule has 3 aromatic carbocycles. The summed E-state index contributed by atoms with van der Waals surface area (Å²) in [5, 5.41) is 4.98. The molecule has 27 heavy (non-hydrogen) atoms. The molecule has 0 aromatic heterocycles. The predicted molar refractivity (Wildman–Crippen MR) is 108 cm³/mol. The number of benzene rings is 3. The van der Waals surface area contributed by atoms with E-state index >= 15 is 0 Å². The number of hydrogen-bond acceptors (Lipinski definition) is 2. The van der Waals surface area contributed by atoms with Crippen molar-refractivity contribution in [2.45, 2.75) is 12.8 Å². The molecule has 1 aliphatic heterocycles. The van der Waals surface area contributed by atoms with Gasteiger partial charge in [-0.3, -0.25) is 9.59 Å². The Balaban J connectivity index is 1.50. The van der Waals surface area contributed by atoms with Gasteiger partial charge < -0.3 is 10.2 Å². The van der Waals surface area contributed by atoms with Gasteiger partial charge in [0.15, 0.2) is 0 Å². The Kier molecular flexibility index (Phi) is 4.88. The average molecular weight is 358 g/mol. The van der Waals surface area contributed by atoms with Gasteiger partial charge >= 0.3 is 0 Å². The first-order valence-electron chi connectivity index (χ1n) is 9.35. The number of likely N-dealkylation sites (tertiary alicyclic amines) is 1. The number of hydrogen-bond donors (Lipinski definition) is 1. The molecular formula is C23H22N2O2. The number of carbonyl (C=O) groups is 2. The molecule has 1 saturated heterocycles. The molecule has 1 heterocycles. The average Bonchev–Trinajstić information content (AvgIpc) is 2.73. The highest BCUT2D eigenvalue weighted by atomic mass is 16.2. The van der Waals surface area contributed by atoms with Gasteiger partial charge in [-0.15, -0.1) is 0 Å². The highest BCUT2D eigenvalue weighted by Gasteiger charge is 2.29. The third-order valence-electron chi connectivity index (χ3n) is 5.14. The highest BCUT2D eigenvalue weighted by Crippen LogP contribution is 2.24. The molecule has 4 heteroatoms. The Morgan fingerprint density at radius 1 is 0.889 bits per heavy atom. The van der Waals surface area contributed by atoms with Crippen molar-refractivity contribution in [3.8, 4) is 0 Å². The fraction of sp³-hybridized carbons (Fsp3) is 0.217. The van der Waals surface area contributed by atoms with Gasteiger partial charge in [0.2, 0.25) is 5.91 Å². The highest BCUT2D eigenvalue weighted by molar-refractivity contribution is 6.07. The van der Waals surface area contributed by atoms with Gasteiger partial charge in [-0.2, -0.15) is 0 Å². The third kappa shape index (κ3) is 3.70. The quantitative estimate of drug-likeness (QED) is 0.757. The maximum Gasteiger partial charge on any atom is 0.254 e. The van der Waals surface area contributed by atoms with Crippen LogP contribution in [0.1, 0.15) is 23.2 Å². The normalized spacial score (nSPS) is 16.9. The van der Waals surface area contributed by atoms with Crippen LogP contribution in [0.4, 0.5) is 5.69 Å². The molecule has 136 valence electrons. The van der Waals surface area contributed by atoms with E-state index in [1.165, 1.54) is 0 Å². The van der Waals surface area contributed by atoms with E-state index in [1.54, 1.807) is 0 Å².